The molecule has 0 aliphatic carbocycles. The standard InChI is InChI=1S/C11H15N5OS2/c1-7(2)16-8(3-4-14-16)15-9(17)6-18-10-5-13-11(12)19-10/h3-5,7H,6H2,1-2H3,(H2,12,13)(H,15,17). The van der Waals surface area contributed by atoms with Gasteiger partial charge in [0.1, 0.15) is 5.82 Å². The van der Waals surface area contributed by atoms with Gasteiger partial charge in [-0.25, -0.2) is 9.67 Å². The minimum atomic E-state index is -0.0700. The number of nitrogens with zero attached hydrogens (tertiary/aromatic N) is 3. The number of aromatic nitrogens is 3. The van der Waals surface area contributed by atoms with Crippen molar-refractivity contribution in [2.45, 2.75) is 24.1 Å². The number of thiazole rings is 1. The molecule has 0 aromatic carbocycles. The van der Waals surface area contributed by atoms with E-state index in [4.69, 9.17) is 5.73 Å². The van der Waals surface area contributed by atoms with E-state index in [9.17, 15) is 4.79 Å². The summed E-state index contributed by atoms with van der Waals surface area (Å²) in [6.45, 7) is 4.02. The number of nitrogens with one attached hydrogen (secondary N) is 1. The fraction of sp³-hybridized carbons (Fsp3) is 0.364. The second-order valence-corrected chi connectivity index (χ2v) is 6.45. The largest absolute Gasteiger partial charge is 0.375 e. The number of carbonyl (C=O) groups excluding carboxylic acids is 1. The van der Waals surface area contributed by atoms with Crippen molar-refractivity contribution in [3.63, 3.8) is 0 Å². The predicted molar refractivity (Wildman–Crippen MR) is 78.5 cm³/mol. The van der Waals surface area contributed by atoms with E-state index in [-0.39, 0.29) is 11.9 Å². The Hall–Kier alpha value is -1.54. The highest BCUT2D eigenvalue weighted by atomic mass is 32.2. The van der Waals surface area contributed by atoms with Crippen molar-refractivity contribution in [3.05, 3.63) is 18.5 Å². The number of amides is 1. The van der Waals surface area contributed by atoms with E-state index >= 15 is 0 Å². The second-order valence-electron chi connectivity index (χ2n) is 4.11. The summed E-state index contributed by atoms with van der Waals surface area (Å²) < 4.78 is 2.71. The number of nitrogens with two attached hydrogens (primary N) is 1. The van der Waals surface area contributed by atoms with Gasteiger partial charge in [-0.05, 0) is 13.8 Å². The molecule has 3 N–H and O–H groups in total. The third-order valence-electron chi connectivity index (χ3n) is 2.27. The summed E-state index contributed by atoms with van der Waals surface area (Å²) in [5.74, 6) is 0.967. The normalized spacial score (nSPS) is 10.9. The van der Waals surface area contributed by atoms with E-state index in [0.717, 1.165) is 4.21 Å². The molecule has 0 radical (unpaired) electrons. The van der Waals surface area contributed by atoms with Gasteiger partial charge in [0.2, 0.25) is 5.91 Å². The van der Waals surface area contributed by atoms with Gasteiger partial charge in [-0.15, -0.1) is 11.8 Å². The quantitative estimate of drug-likeness (QED) is 0.827. The van der Waals surface area contributed by atoms with Crippen molar-refractivity contribution >= 4 is 40.0 Å². The zero-order valence-corrected chi connectivity index (χ0v) is 12.3. The van der Waals surface area contributed by atoms with Crippen LogP contribution in [-0.2, 0) is 4.79 Å². The van der Waals surface area contributed by atoms with E-state index in [2.05, 4.69) is 15.4 Å². The first-order valence-electron chi connectivity index (χ1n) is 5.73. The Morgan fingerprint density at radius 2 is 2.42 bits per heavy atom. The molecule has 19 heavy (non-hydrogen) atoms. The summed E-state index contributed by atoms with van der Waals surface area (Å²) >= 11 is 2.80. The molecule has 0 aliphatic rings. The van der Waals surface area contributed by atoms with Crippen molar-refractivity contribution in [1.82, 2.24) is 14.8 Å². The molecular formula is C11H15N5OS2. The minimum absolute atomic E-state index is 0.0700. The van der Waals surface area contributed by atoms with Gasteiger partial charge >= 0.3 is 0 Å². The first kappa shape index (κ1) is 13.9. The van der Waals surface area contributed by atoms with E-state index in [1.807, 2.05) is 13.8 Å². The molecule has 2 heterocycles. The van der Waals surface area contributed by atoms with Crippen LogP contribution in [-0.4, -0.2) is 26.4 Å². The molecule has 0 aliphatic heterocycles. The number of carbonyl (C=O) groups is 1. The van der Waals surface area contributed by atoms with Gasteiger partial charge in [0, 0.05) is 12.1 Å². The Balaban J connectivity index is 1.89. The number of hydrogen-bond donors (Lipinski definition) is 2. The fourth-order valence-corrected chi connectivity index (χ4v) is 3.04. The fourth-order valence-electron chi connectivity index (χ4n) is 1.48. The van der Waals surface area contributed by atoms with E-state index in [0.29, 0.717) is 16.7 Å². The van der Waals surface area contributed by atoms with Crippen molar-refractivity contribution in [1.29, 1.82) is 0 Å². The van der Waals surface area contributed by atoms with E-state index in [1.54, 1.807) is 23.1 Å². The molecule has 0 unspecified atom stereocenters. The molecule has 8 heteroatoms. The minimum Gasteiger partial charge on any atom is -0.375 e. The van der Waals surface area contributed by atoms with Gasteiger partial charge < -0.3 is 11.1 Å². The molecule has 0 bridgehead atoms. The lowest BCUT2D eigenvalue weighted by molar-refractivity contribution is -0.113. The van der Waals surface area contributed by atoms with Crippen LogP contribution in [0.4, 0.5) is 10.9 Å². The zero-order chi connectivity index (χ0) is 13.8. The SMILES string of the molecule is CC(C)n1nccc1NC(=O)CSc1cnc(N)s1. The van der Waals surface area contributed by atoms with Crippen molar-refractivity contribution in [3.8, 4) is 0 Å². The Morgan fingerprint density at radius 1 is 1.63 bits per heavy atom. The molecule has 0 saturated heterocycles. The average Bonchev–Trinajstić information content (AvgIpc) is 2.95. The van der Waals surface area contributed by atoms with Crippen LogP contribution < -0.4 is 11.1 Å². The highest BCUT2D eigenvalue weighted by Crippen LogP contribution is 2.26. The summed E-state index contributed by atoms with van der Waals surface area (Å²) in [6.07, 6.45) is 3.35. The van der Waals surface area contributed by atoms with Gasteiger partial charge in [-0.2, -0.15) is 5.10 Å². The first-order valence-corrected chi connectivity index (χ1v) is 7.54. The highest BCUT2D eigenvalue weighted by molar-refractivity contribution is 8.01. The molecule has 0 saturated carbocycles. The number of hydrogen-bond acceptors (Lipinski definition) is 6. The van der Waals surface area contributed by atoms with Crippen LogP contribution >= 0.6 is 23.1 Å². The van der Waals surface area contributed by atoms with Crippen molar-refractivity contribution < 1.29 is 4.79 Å². The summed E-state index contributed by atoms with van der Waals surface area (Å²) in [5.41, 5.74) is 5.53. The Kier molecular flexibility index (Phi) is 4.43. The smallest absolute Gasteiger partial charge is 0.235 e. The van der Waals surface area contributed by atoms with Crippen LogP contribution in [0.3, 0.4) is 0 Å². The molecular weight excluding hydrogens is 282 g/mol. The van der Waals surface area contributed by atoms with Crippen LogP contribution in [0.25, 0.3) is 0 Å². The highest BCUT2D eigenvalue weighted by Gasteiger charge is 2.10. The van der Waals surface area contributed by atoms with Crippen LogP contribution in [0.15, 0.2) is 22.7 Å². The second kappa shape index (κ2) is 6.07. The maximum absolute atomic E-state index is 11.8. The van der Waals surface area contributed by atoms with Gasteiger partial charge in [-0.1, -0.05) is 11.3 Å². The molecule has 6 nitrogen and oxygen atoms in total. The third kappa shape index (κ3) is 3.71. The summed E-state index contributed by atoms with van der Waals surface area (Å²) in [6, 6.07) is 1.99. The summed E-state index contributed by atoms with van der Waals surface area (Å²) in [5, 5.41) is 7.52. The van der Waals surface area contributed by atoms with Crippen molar-refractivity contribution in [2.75, 3.05) is 16.8 Å². The number of anilines is 2. The molecule has 1 amide bonds. The molecule has 2 rings (SSSR count). The molecule has 0 fully saturated rings. The lowest BCUT2D eigenvalue weighted by Crippen LogP contribution is -2.18. The molecule has 0 atom stereocenters. The Bertz CT molecular complexity index is 563. The lowest BCUT2D eigenvalue weighted by Gasteiger charge is -2.11. The molecule has 102 valence electrons. The van der Waals surface area contributed by atoms with Gasteiger partial charge in [-0.3, -0.25) is 4.79 Å². The third-order valence-corrected chi connectivity index (χ3v) is 4.30. The molecule has 0 spiro atoms. The number of thioether (sulfide) groups is 1. The molecule has 2 aromatic heterocycles. The lowest BCUT2D eigenvalue weighted by atomic mass is 10.4. The van der Waals surface area contributed by atoms with Crippen LogP contribution in [0.1, 0.15) is 19.9 Å². The van der Waals surface area contributed by atoms with E-state index in [1.165, 1.54) is 23.1 Å². The van der Waals surface area contributed by atoms with Crippen LogP contribution in [0.2, 0.25) is 0 Å². The van der Waals surface area contributed by atoms with Crippen LogP contribution in [0.5, 0.6) is 0 Å². The summed E-state index contributed by atoms with van der Waals surface area (Å²) in [7, 11) is 0. The van der Waals surface area contributed by atoms with Gasteiger partial charge in [0.05, 0.1) is 22.4 Å². The van der Waals surface area contributed by atoms with E-state index < -0.39 is 0 Å². The number of rotatable bonds is 5. The van der Waals surface area contributed by atoms with Crippen LogP contribution in [0, 0.1) is 0 Å². The van der Waals surface area contributed by atoms with Gasteiger partial charge in [0.25, 0.3) is 0 Å². The topological polar surface area (TPSA) is 85.8 Å². The predicted octanol–water partition coefficient (Wildman–Crippen LogP) is 2.23. The van der Waals surface area contributed by atoms with Gasteiger partial charge in [0.15, 0.2) is 5.13 Å². The number of nitrogen functional groups attached to an aromatic ring is 1. The monoisotopic (exact) mass is 297 g/mol. The average molecular weight is 297 g/mol. The maximum atomic E-state index is 11.8. The Morgan fingerprint density at radius 3 is 3.05 bits per heavy atom. The van der Waals surface area contributed by atoms with Crippen molar-refractivity contribution in [2.24, 2.45) is 0 Å². The zero-order valence-electron chi connectivity index (χ0n) is 10.7. The summed E-state index contributed by atoms with van der Waals surface area (Å²) in [4.78, 5) is 15.8. The first-order chi connectivity index (χ1) is 9.06. The molecule has 2 aromatic rings. The Labute approximate surface area is 119 Å². The maximum Gasteiger partial charge on any atom is 0.235 e.